The van der Waals surface area contributed by atoms with Crippen LogP contribution in [0.2, 0.25) is 0 Å². The Morgan fingerprint density at radius 1 is 1.33 bits per heavy atom. The molecule has 0 bridgehead atoms. The van der Waals surface area contributed by atoms with E-state index in [1.807, 2.05) is 0 Å². The Morgan fingerprint density at radius 2 is 2.05 bits per heavy atom. The summed E-state index contributed by atoms with van der Waals surface area (Å²) in [5.74, 6) is 0.525. The second-order valence-electron chi connectivity index (χ2n) is 6.08. The Hall–Kier alpha value is -1.55. The molecule has 116 valence electrons. The number of ether oxygens (including phenoxy) is 1. The first-order chi connectivity index (χ1) is 10.0. The summed E-state index contributed by atoms with van der Waals surface area (Å²) in [7, 11) is 0. The summed E-state index contributed by atoms with van der Waals surface area (Å²) < 4.78 is 5.83. The molecule has 21 heavy (non-hydrogen) atoms. The fourth-order valence-corrected chi connectivity index (χ4v) is 3.08. The zero-order chi connectivity index (χ0) is 15.2. The molecule has 0 saturated carbocycles. The molecule has 4 nitrogen and oxygen atoms in total. The minimum absolute atomic E-state index is 0.286. The number of aliphatic carboxylic acids is 1. The van der Waals surface area contributed by atoms with Crippen LogP contribution in [0.1, 0.15) is 30.4 Å². The average Bonchev–Trinajstić information content (AvgIpc) is 2.37. The molecule has 4 heteroatoms. The van der Waals surface area contributed by atoms with Crippen molar-refractivity contribution >= 4 is 5.97 Å². The van der Waals surface area contributed by atoms with Gasteiger partial charge in [-0.1, -0.05) is 6.07 Å². The molecule has 0 spiro atoms. The van der Waals surface area contributed by atoms with Gasteiger partial charge in [0.15, 0.2) is 0 Å². The largest absolute Gasteiger partial charge is 0.492 e. The van der Waals surface area contributed by atoms with Crippen LogP contribution in [0.4, 0.5) is 0 Å². The fourth-order valence-electron chi connectivity index (χ4n) is 3.08. The Morgan fingerprint density at radius 3 is 2.71 bits per heavy atom. The number of carboxylic acid groups (broad SMARTS) is 1. The second kappa shape index (κ2) is 7.46. The van der Waals surface area contributed by atoms with E-state index in [1.165, 1.54) is 11.1 Å². The van der Waals surface area contributed by atoms with Gasteiger partial charge in [-0.3, -0.25) is 9.69 Å². The predicted octanol–water partition coefficient (Wildman–Crippen LogP) is 2.87. The molecule has 1 aromatic carbocycles. The molecule has 0 aliphatic carbocycles. The van der Waals surface area contributed by atoms with Crippen molar-refractivity contribution < 1.29 is 14.6 Å². The van der Waals surface area contributed by atoms with Crippen molar-refractivity contribution in [2.75, 3.05) is 26.2 Å². The molecular weight excluding hydrogens is 266 g/mol. The molecule has 1 saturated heterocycles. The standard InChI is InChI=1S/C17H25NO3/c1-13-8-14(2)10-16(9-13)21-7-6-18-5-3-4-15(12-18)11-17(19)20/h8-10,15H,3-7,11-12H2,1-2H3,(H,19,20). The third kappa shape index (κ3) is 5.38. The maximum atomic E-state index is 10.8. The molecule has 1 fully saturated rings. The third-order valence-corrected chi connectivity index (χ3v) is 3.94. The highest BCUT2D eigenvalue weighted by atomic mass is 16.5. The molecule has 1 N–H and O–H groups in total. The Kier molecular flexibility index (Phi) is 5.62. The molecule has 1 aromatic rings. The summed E-state index contributed by atoms with van der Waals surface area (Å²) in [4.78, 5) is 13.1. The number of benzene rings is 1. The maximum Gasteiger partial charge on any atom is 0.303 e. The van der Waals surface area contributed by atoms with Gasteiger partial charge >= 0.3 is 5.97 Å². The van der Waals surface area contributed by atoms with E-state index < -0.39 is 5.97 Å². The quantitative estimate of drug-likeness (QED) is 0.875. The van der Waals surface area contributed by atoms with Crippen molar-refractivity contribution in [3.8, 4) is 5.75 Å². The number of hydrogen-bond acceptors (Lipinski definition) is 3. The Balaban J connectivity index is 1.76. The van der Waals surface area contributed by atoms with Gasteiger partial charge in [-0.25, -0.2) is 0 Å². The topological polar surface area (TPSA) is 49.8 Å². The van der Waals surface area contributed by atoms with Gasteiger partial charge in [-0.15, -0.1) is 0 Å². The van der Waals surface area contributed by atoms with Crippen LogP contribution in [0.25, 0.3) is 0 Å². The summed E-state index contributed by atoms with van der Waals surface area (Å²) in [5.41, 5.74) is 2.42. The van der Waals surface area contributed by atoms with E-state index in [1.54, 1.807) is 0 Å². The van der Waals surface area contributed by atoms with Gasteiger partial charge in [0, 0.05) is 19.5 Å². The van der Waals surface area contributed by atoms with E-state index in [2.05, 4.69) is 36.9 Å². The Labute approximate surface area is 126 Å². The number of nitrogens with zero attached hydrogens (tertiary/aromatic N) is 1. The molecule has 1 atom stereocenters. The van der Waals surface area contributed by atoms with Crippen LogP contribution in [0.15, 0.2) is 18.2 Å². The number of carbonyl (C=O) groups is 1. The van der Waals surface area contributed by atoms with Crippen LogP contribution in [0, 0.1) is 19.8 Å². The lowest BCUT2D eigenvalue weighted by molar-refractivity contribution is -0.138. The van der Waals surface area contributed by atoms with Crippen molar-refractivity contribution in [3.05, 3.63) is 29.3 Å². The molecule has 1 aliphatic rings. The van der Waals surface area contributed by atoms with Crippen LogP contribution in [0.5, 0.6) is 5.75 Å². The van der Waals surface area contributed by atoms with Gasteiger partial charge in [0.05, 0.1) is 0 Å². The lowest BCUT2D eigenvalue weighted by Gasteiger charge is -2.31. The van der Waals surface area contributed by atoms with E-state index in [9.17, 15) is 4.79 Å². The van der Waals surface area contributed by atoms with E-state index in [-0.39, 0.29) is 12.3 Å². The first kappa shape index (κ1) is 15.8. The van der Waals surface area contributed by atoms with Gasteiger partial charge in [0.25, 0.3) is 0 Å². The Bertz CT molecular complexity index is 467. The zero-order valence-electron chi connectivity index (χ0n) is 13.0. The molecule has 0 radical (unpaired) electrons. The van der Waals surface area contributed by atoms with Crippen LogP contribution in [-0.4, -0.2) is 42.2 Å². The monoisotopic (exact) mass is 291 g/mol. The summed E-state index contributed by atoms with van der Waals surface area (Å²) in [6.07, 6.45) is 2.40. The predicted molar refractivity (Wildman–Crippen MR) is 82.8 cm³/mol. The number of likely N-dealkylation sites (tertiary alicyclic amines) is 1. The van der Waals surface area contributed by atoms with Gasteiger partial charge in [-0.05, 0) is 62.4 Å². The summed E-state index contributed by atoms with van der Waals surface area (Å²) in [5, 5.41) is 8.89. The molecule has 0 aromatic heterocycles. The van der Waals surface area contributed by atoms with Gasteiger partial charge in [0.2, 0.25) is 0 Å². The van der Waals surface area contributed by atoms with E-state index in [4.69, 9.17) is 9.84 Å². The molecular formula is C17H25NO3. The van der Waals surface area contributed by atoms with Crippen molar-refractivity contribution in [2.45, 2.75) is 33.1 Å². The summed E-state index contributed by atoms with van der Waals surface area (Å²) >= 11 is 0. The SMILES string of the molecule is Cc1cc(C)cc(OCCN2CCCC(CC(=O)O)C2)c1. The highest BCUT2D eigenvalue weighted by molar-refractivity contribution is 5.67. The summed E-state index contributed by atoms with van der Waals surface area (Å²) in [6, 6.07) is 6.24. The minimum Gasteiger partial charge on any atom is -0.492 e. The number of rotatable bonds is 6. The molecule has 1 aliphatic heterocycles. The van der Waals surface area contributed by atoms with Gasteiger partial charge < -0.3 is 9.84 Å². The van der Waals surface area contributed by atoms with Crippen LogP contribution in [0.3, 0.4) is 0 Å². The molecule has 1 unspecified atom stereocenters. The summed E-state index contributed by atoms with van der Waals surface area (Å²) in [6.45, 7) is 7.59. The maximum absolute atomic E-state index is 10.8. The second-order valence-corrected chi connectivity index (χ2v) is 6.08. The number of hydrogen-bond donors (Lipinski definition) is 1. The van der Waals surface area contributed by atoms with Crippen LogP contribution >= 0.6 is 0 Å². The first-order valence-corrected chi connectivity index (χ1v) is 7.68. The molecule has 2 rings (SSSR count). The third-order valence-electron chi connectivity index (χ3n) is 3.94. The van der Waals surface area contributed by atoms with Crippen LogP contribution in [-0.2, 0) is 4.79 Å². The fraction of sp³-hybridized carbons (Fsp3) is 0.588. The van der Waals surface area contributed by atoms with Crippen molar-refractivity contribution in [2.24, 2.45) is 5.92 Å². The highest BCUT2D eigenvalue weighted by Gasteiger charge is 2.21. The zero-order valence-corrected chi connectivity index (χ0v) is 13.0. The lowest BCUT2D eigenvalue weighted by atomic mass is 9.95. The van der Waals surface area contributed by atoms with E-state index in [0.29, 0.717) is 6.61 Å². The van der Waals surface area contributed by atoms with Crippen molar-refractivity contribution in [1.82, 2.24) is 4.90 Å². The van der Waals surface area contributed by atoms with E-state index in [0.717, 1.165) is 38.2 Å². The lowest BCUT2D eigenvalue weighted by Crippen LogP contribution is -2.38. The van der Waals surface area contributed by atoms with Crippen molar-refractivity contribution in [1.29, 1.82) is 0 Å². The van der Waals surface area contributed by atoms with Gasteiger partial charge in [0.1, 0.15) is 12.4 Å². The van der Waals surface area contributed by atoms with Crippen molar-refractivity contribution in [3.63, 3.8) is 0 Å². The number of aryl methyl sites for hydroxylation is 2. The van der Waals surface area contributed by atoms with Gasteiger partial charge in [-0.2, -0.15) is 0 Å². The van der Waals surface area contributed by atoms with Crippen LogP contribution < -0.4 is 4.74 Å². The first-order valence-electron chi connectivity index (χ1n) is 7.68. The normalized spacial score (nSPS) is 19.4. The highest BCUT2D eigenvalue weighted by Crippen LogP contribution is 2.20. The molecule has 0 amide bonds. The van der Waals surface area contributed by atoms with E-state index >= 15 is 0 Å². The number of carboxylic acids is 1. The molecule has 1 heterocycles. The average molecular weight is 291 g/mol. The number of piperidine rings is 1. The minimum atomic E-state index is -0.687. The smallest absolute Gasteiger partial charge is 0.303 e.